The van der Waals surface area contributed by atoms with Gasteiger partial charge in [0.05, 0.1) is 19.0 Å². The van der Waals surface area contributed by atoms with E-state index in [2.05, 4.69) is 15.1 Å². The van der Waals surface area contributed by atoms with Crippen molar-refractivity contribution in [2.45, 2.75) is 0 Å². The number of rotatable bonds is 4. The summed E-state index contributed by atoms with van der Waals surface area (Å²) in [5.41, 5.74) is 0. The third-order valence-corrected chi connectivity index (χ3v) is 1.51. The molecule has 1 aromatic heterocycles. The molecule has 0 bridgehead atoms. The minimum absolute atomic E-state index is 0.0827. The SMILES string of the molecule is OCCOc1cnc(/C(Cl)=N/O)nc1. The molecule has 6 nitrogen and oxygen atoms in total. The van der Waals surface area contributed by atoms with Crippen molar-refractivity contribution < 1.29 is 15.1 Å². The summed E-state index contributed by atoms with van der Waals surface area (Å²) in [6, 6.07) is 0. The van der Waals surface area contributed by atoms with Gasteiger partial charge in [0, 0.05) is 0 Å². The lowest BCUT2D eigenvalue weighted by atomic mass is 10.5. The van der Waals surface area contributed by atoms with Crippen LogP contribution in [0.1, 0.15) is 5.82 Å². The second-order valence-corrected chi connectivity index (χ2v) is 2.56. The van der Waals surface area contributed by atoms with E-state index in [1.54, 1.807) is 0 Å². The van der Waals surface area contributed by atoms with Crippen LogP contribution in [-0.4, -0.2) is 38.7 Å². The van der Waals surface area contributed by atoms with Crippen LogP contribution < -0.4 is 4.74 Å². The molecule has 0 saturated heterocycles. The van der Waals surface area contributed by atoms with Crippen LogP contribution in [-0.2, 0) is 0 Å². The molecule has 0 aliphatic rings. The van der Waals surface area contributed by atoms with Crippen molar-refractivity contribution in [3.8, 4) is 5.75 Å². The molecule has 1 heterocycles. The minimum atomic E-state index is -0.196. The lowest BCUT2D eigenvalue weighted by molar-refractivity contribution is 0.200. The number of aromatic nitrogens is 2. The van der Waals surface area contributed by atoms with Crippen molar-refractivity contribution in [3.63, 3.8) is 0 Å². The molecule has 0 aliphatic heterocycles. The van der Waals surface area contributed by atoms with E-state index in [0.717, 1.165) is 0 Å². The summed E-state index contributed by atoms with van der Waals surface area (Å²) in [5, 5.41) is 19.3. The highest BCUT2D eigenvalue weighted by Crippen LogP contribution is 2.07. The average molecular weight is 218 g/mol. The van der Waals surface area contributed by atoms with E-state index in [1.807, 2.05) is 0 Å². The Hall–Kier alpha value is -1.40. The maximum atomic E-state index is 8.47. The predicted molar refractivity (Wildman–Crippen MR) is 48.8 cm³/mol. The quantitative estimate of drug-likeness (QED) is 0.428. The lowest BCUT2D eigenvalue weighted by Gasteiger charge is -2.02. The van der Waals surface area contributed by atoms with E-state index in [9.17, 15) is 0 Å². The van der Waals surface area contributed by atoms with Gasteiger partial charge in [-0.3, -0.25) is 0 Å². The van der Waals surface area contributed by atoms with E-state index in [4.69, 9.17) is 26.7 Å². The van der Waals surface area contributed by atoms with Crippen LogP contribution in [0.15, 0.2) is 17.5 Å². The van der Waals surface area contributed by atoms with Gasteiger partial charge in [-0.2, -0.15) is 0 Å². The van der Waals surface area contributed by atoms with Crippen LogP contribution in [0.3, 0.4) is 0 Å². The monoisotopic (exact) mass is 217 g/mol. The van der Waals surface area contributed by atoms with Crippen molar-refractivity contribution in [2.75, 3.05) is 13.2 Å². The van der Waals surface area contributed by atoms with E-state index in [-0.39, 0.29) is 24.2 Å². The molecule has 1 aromatic rings. The molecular formula is C7H8ClN3O3. The van der Waals surface area contributed by atoms with Crippen LogP contribution >= 0.6 is 11.6 Å². The summed E-state index contributed by atoms with van der Waals surface area (Å²) in [6.07, 6.45) is 2.73. The second-order valence-electron chi connectivity index (χ2n) is 2.21. The van der Waals surface area contributed by atoms with E-state index < -0.39 is 0 Å². The number of aliphatic hydroxyl groups excluding tert-OH is 1. The van der Waals surface area contributed by atoms with Gasteiger partial charge in [0.2, 0.25) is 5.17 Å². The minimum Gasteiger partial charge on any atom is -0.488 e. The molecule has 0 aliphatic carbocycles. The maximum absolute atomic E-state index is 8.47. The third-order valence-electron chi connectivity index (χ3n) is 1.26. The Morgan fingerprint density at radius 3 is 2.64 bits per heavy atom. The first-order valence-corrected chi connectivity index (χ1v) is 4.09. The Labute approximate surface area is 84.8 Å². The van der Waals surface area contributed by atoms with Gasteiger partial charge >= 0.3 is 0 Å². The normalized spacial score (nSPS) is 11.4. The Kier molecular flexibility index (Phi) is 4.09. The van der Waals surface area contributed by atoms with Gasteiger partial charge in [0.1, 0.15) is 6.61 Å². The number of nitrogens with zero attached hydrogens (tertiary/aromatic N) is 3. The van der Waals surface area contributed by atoms with Crippen LogP contribution in [0.4, 0.5) is 0 Å². The van der Waals surface area contributed by atoms with Crippen molar-refractivity contribution in [1.82, 2.24) is 9.97 Å². The summed E-state index contributed by atoms with van der Waals surface area (Å²) >= 11 is 5.44. The summed E-state index contributed by atoms with van der Waals surface area (Å²) < 4.78 is 5.00. The number of aliphatic hydroxyl groups is 1. The highest BCUT2D eigenvalue weighted by atomic mass is 35.5. The summed E-state index contributed by atoms with van der Waals surface area (Å²) in [6.45, 7) is 0.0884. The van der Waals surface area contributed by atoms with Crippen LogP contribution in [0, 0.1) is 0 Å². The molecule has 0 atom stereocenters. The van der Waals surface area contributed by atoms with E-state index >= 15 is 0 Å². The zero-order chi connectivity index (χ0) is 10.4. The Morgan fingerprint density at radius 2 is 2.14 bits per heavy atom. The number of oxime groups is 1. The van der Waals surface area contributed by atoms with E-state index in [0.29, 0.717) is 5.75 Å². The molecule has 14 heavy (non-hydrogen) atoms. The molecule has 0 saturated carbocycles. The molecule has 1 rings (SSSR count). The zero-order valence-corrected chi connectivity index (χ0v) is 7.85. The van der Waals surface area contributed by atoms with Gasteiger partial charge in [-0.1, -0.05) is 16.8 Å². The number of halogens is 1. The second kappa shape index (κ2) is 5.36. The highest BCUT2D eigenvalue weighted by Gasteiger charge is 2.03. The van der Waals surface area contributed by atoms with Gasteiger partial charge in [-0.25, -0.2) is 9.97 Å². The summed E-state index contributed by atoms with van der Waals surface area (Å²) in [4.78, 5) is 7.52. The highest BCUT2D eigenvalue weighted by molar-refractivity contribution is 6.68. The smallest absolute Gasteiger partial charge is 0.212 e. The van der Waals surface area contributed by atoms with Crippen LogP contribution in [0.5, 0.6) is 5.75 Å². The van der Waals surface area contributed by atoms with Crippen LogP contribution in [0.25, 0.3) is 0 Å². The first kappa shape index (κ1) is 10.7. The van der Waals surface area contributed by atoms with Gasteiger partial charge in [0.25, 0.3) is 0 Å². The van der Waals surface area contributed by atoms with Crippen LogP contribution in [0.2, 0.25) is 0 Å². The number of ether oxygens (including phenoxy) is 1. The van der Waals surface area contributed by atoms with Crippen molar-refractivity contribution in [2.24, 2.45) is 5.16 Å². The third kappa shape index (κ3) is 2.82. The molecule has 2 N–H and O–H groups in total. The Bertz CT molecular complexity index is 314. The molecule has 0 radical (unpaired) electrons. The van der Waals surface area contributed by atoms with Gasteiger partial charge < -0.3 is 15.1 Å². The zero-order valence-electron chi connectivity index (χ0n) is 7.09. The Balaban J connectivity index is 2.68. The molecule has 0 unspecified atom stereocenters. The predicted octanol–water partition coefficient (Wildman–Crippen LogP) is 0.222. The topological polar surface area (TPSA) is 87.8 Å². The standard InChI is InChI=1S/C7H8ClN3O3/c8-6(11-13)7-9-3-5(4-10-7)14-2-1-12/h3-4,12-13H,1-2H2/b11-6-. The van der Waals surface area contributed by atoms with Crippen molar-refractivity contribution in [1.29, 1.82) is 0 Å². The fourth-order valence-corrected chi connectivity index (χ4v) is 0.803. The molecule has 0 aromatic carbocycles. The van der Waals surface area contributed by atoms with E-state index in [1.165, 1.54) is 12.4 Å². The fraction of sp³-hybridized carbons (Fsp3) is 0.286. The van der Waals surface area contributed by atoms with Crippen molar-refractivity contribution >= 4 is 16.8 Å². The molecule has 0 spiro atoms. The van der Waals surface area contributed by atoms with Gasteiger partial charge in [-0.05, 0) is 0 Å². The molecule has 0 amide bonds. The molecular weight excluding hydrogens is 210 g/mol. The summed E-state index contributed by atoms with van der Waals surface area (Å²) in [7, 11) is 0. The lowest BCUT2D eigenvalue weighted by Crippen LogP contribution is -2.04. The molecule has 0 fully saturated rings. The maximum Gasteiger partial charge on any atom is 0.212 e. The van der Waals surface area contributed by atoms with Crippen molar-refractivity contribution in [3.05, 3.63) is 18.2 Å². The Morgan fingerprint density at radius 1 is 1.50 bits per heavy atom. The molecule has 76 valence electrons. The first-order valence-electron chi connectivity index (χ1n) is 3.71. The first-order chi connectivity index (χ1) is 6.77. The number of hydrogen-bond donors (Lipinski definition) is 2. The largest absolute Gasteiger partial charge is 0.488 e. The average Bonchev–Trinajstić information content (AvgIpc) is 2.26. The van der Waals surface area contributed by atoms with Gasteiger partial charge in [0.15, 0.2) is 11.6 Å². The number of hydrogen-bond acceptors (Lipinski definition) is 6. The summed E-state index contributed by atoms with van der Waals surface area (Å²) in [5.74, 6) is 0.510. The fourth-order valence-electron chi connectivity index (χ4n) is 0.705. The van der Waals surface area contributed by atoms with Gasteiger partial charge in [-0.15, -0.1) is 0 Å². The molecule has 7 heteroatoms.